The molecule has 0 spiro atoms. The Labute approximate surface area is 126 Å². The van der Waals surface area contributed by atoms with Gasteiger partial charge in [0.2, 0.25) is 5.91 Å². The van der Waals surface area contributed by atoms with Gasteiger partial charge in [-0.2, -0.15) is 0 Å². The number of phenols is 1. The van der Waals surface area contributed by atoms with Crippen molar-refractivity contribution in [3.8, 4) is 5.75 Å². The lowest BCUT2D eigenvalue weighted by Crippen LogP contribution is -2.12. The molecule has 0 bridgehead atoms. The third-order valence-corrected chi connectivity index (χ3v) is 3.37. The van der Waals surface area contributed by atoms with Gasteiger partial charge in [0.15, 0.2) is 0 Å². The Morgan fingerprint density at radius 2 is 1.90 bits per heavy atom. The predicted molar refractivity (Wildman–Crippen MR) is 80.4 cm³/mol. The first-order chi connectivity index (χ1) is 9.47. The van der Waals surface area contributed by atoms with Crippen LogP contribution < -0.4 is 11.1 Å². The monoisotopic (exact) mass is 310 g/mol. The molecule has 20 heavy (non-hydrogen) atoms. The standard InChI is InChI=1S/C14H12Cl2N2O2/c15-11-3-2-9(6-10(11)14(17)20)18-7-8-1-4-13(19)12(16)5-8/h1-6,18-19H,7H2,(H2,17,20). The minimum absolute atomic E-state index is 0.0397. The average Bonchev–Trinajstić information content (AvgIpc) is 2.41. The molecule has 0 unspecified atom stereocenters. The second kappa shape index (κ2) is 6.03. The summed E-state index contributed by atoms with van der Waals surface area (Å²) in [5.41, 5.74) is 7.10. The van der Waals surface area contributed by atoms with E-state index in [0.29, 0.717) is 22.3 Å². The number of carbonyl (C=O) groups excluding carboxylic acids is 1. The number of primary amides is 1. The van der Waals surface area contributed by atoms with Crippen LogP contribution in [0.15, 0.2) is 36.4 Å². The van der Waals surface area contributed by atoms with Crippen LogP contribution in [0, 0.1) is 0 Å². The van der Waals surface area contributed by atoms with Crippen LogP contribution in [0.4, 0.5) is 5.69 Å². The van der Waals surface area contributed by atoms with Gasteiger partial charge in [0.1, 0.15) is 5.75 Å². The number of carbonyl (C=O) groups is 1. The van der Waals surface area contributed by atoms with Gasteiger partial charge in [0.05, 0.1) is 15.6 Å². The van der Waals surface area contributed by atoms with Gasteiger partial charge in [-0.25, -0.2) is 0 Å². The zero-order valence-corrected chi connectivity index (χ0v) is 11.9. The van der Waals surface area contributed by atoms with E-state index in [0.717, 1.165) is 5.56 Å². The number of nitrogens with two attached hydrogens (primary N) is 1. The van der Waals surface area contributed by atoms with Crippen LogP contribution >= 0.6 is 23.2 Å². The van der Waals surface area contributed by atoms with Crippen molar-refractivity contribution in [2.75, 3.05) is 5.32 Å². The molecular weight excluding hydrogens is 299 g/mol. The SMILES string of the molecule is NC(=O)c1cc(NCc2ccc(O)c(Cl)c2)ccc1Cl. The van der Waals surface area contributed by atoms with Crippen molar-refractivity contribution in [1.82, 2.24) is 0 Å². The first kappa shape index (κ1) is 14.5. The first-order valence-corrected chi connectivity index (χ1v) is 6.53. The van der Waals surface area contributed by atoms with Crippen LogP contribution in [0.5, 0.6) is 5.75 Å². The van der Waals surface area contributed by atoms with E-state index in [2.05, 4.69) is 5.32 Å². The quantitative estimate of drug-likeness (QED) is 0.810. The number of anilines is 1. The number of phenolic OH excluding ortho intramolecular Hbond substituents is 1. The van der Waals surface area contributed by atoms with Gasteiger partial charge in [-0.15, -0.1) is 0 Å². The fraction of sp³-hybridized carbons (Fsp3) is 0.0714. The van der Waals surface area contributed by atoms with Crippen LogP contribution in [-0.2, 0) is 6.54 Å². The molecule has 2 aromatic rings. The molecule has 0 aliphatic rings. The van der Waals surface area contributed by atoms with Crippen molar-refractivity contribution in [2.45, 2.75) is 6.54 Å². The molecule has 0 atom stereocenters. The summed E-state index contributed by atoms with van der Waals surface area (Å²) in [6, 6.07) is 9.88. The number of aromatic hydroxyl groups is 1. The van der Waals surface area contributed by atoms with Gasteiger partial charge in [-0.1, -0.05) is 29.3 Å². The summed E-state index contributed by atoms with van der Waals surface area (Å²) in [7, 11) is 0. The largest absolute Gasteiger partial charge is 0.506 e. The number of halogens is 2. The minimum atomic E-state index is -0.577. The van der Waals surface area contributed by atoms with Crippen molar-refractivity contribution in [2.24, 2.45) is 5.73 Å². The van der Waals surface area contributed by atoms with E-state index in [9.17, 15) is 9.90 Å². The minimum Gasteiger partial charge on any atom is -0.506 e. The molecule has 0 saturated heterocycles. The second-order valence-corrected chi connectivity index (χ2v) is 5.01. The number of rotatable bonds is 4. The van der Waals surface area contributed by atoms with Crippen LogP contribution in [0.25, 0.3) is 0 Å². The van der Waals surface area contributed by atoms with Gasteiger partial charge in [0.25, 0.3) is 0 Å². The molecule has 4 N–H and O–H groups in total. The lowest BCUT2D eigenvalue weighted by molar-refractivity contribution is 0.100. The van der Waals surface area contributed by atoms with Gasteiger partial charge >= 0.3 is 0 Å². The molecule has 2 rings (SSSR count). The highest BCUT2D eigenvalue weighted by atomic mass is 35.5. The van der Waals surface area contributed by atoms with E-state index in [1.165, 1.54) is 6.07 Å². The Morgan fingerprint density at radius 1 is 1.15 bits per heavy atom. The number of hydrogen-bond acceptors (Lipinski definition) is 3. The third kappa shape index (κ3) is 3.35. The topological polar surface area (TPSA) is 75.4 Å². The Bertz CT molecular complexity index is 660. The van der Waals surface area contributed by atoms with E-state index >= 15 is 0 Å². The predicted octanol–water partition coefficient (Wildman–Crippen LogP) is 3.41. The zero-order chi connectivity index (χ0) is 14.7. The molecule has 0 radical (unpaired) electrons. The summed E-state index contributed by atoms with van der Waals surface area (Å²) in [5, 5.41) is 13.1. The summed E-state index contributed by atoms with van der Waals surface area (Å²) in [5.74, 6) is -0.538. The van der Waals surface area contributed by atoms with Gasteiger partial charge < -0.3 is 16.2 Å². The second-order valence-electron chi connectivity index (χ2n) is 4.20. The highest BCUT2D eigenvalue weighted by Crippen LogP contribution is 2.25. The molecule has 0 aromatic heterocycles. The summed E-state index contributed by atoms with van der Waals surface area (Å²) < 4.78 is 0. The average molecular weight is 311 g/mol. The molecular formula is C14H12Cl2N2O2. The van der Waals surface area contributed by atoms with Gasteiger partial charge in [-0.3, -0.25) is 4.79 Å². The Hall–Kier alpha value is -1.91. The van der Waals surface area contributed by atoms with Crippen molar-refractivity contribution in [1.29, 1.82) is 0 Å². The first-order valence-electron chi connectivity index (χ1n) is 5.78. The van der Waals surface area contributed by atoms with Crippen molar-refractivity contribution < 1.29 is 9.90 Å². The maximum atomic E-state index is 11.2. The maximum absolute atomic E-state index is 11.2. The van der Waals surface area contributed by atoms with Crippen LogP contribution in [0.2, 0.25) is 10.0 Å². The van der Waals surface area contributed by atoms with E-state index < -0.39 is 5.91 Å². The zero-order valence-electron chi connectivity index (χ0n) is 10.4. The van der Waals surface area contributed by atoms with Gasteiger partial charge in [-0.05, 0) is 35.9 Å². The summed E-state index contributed by atoms with van der Waals surface area (Å²) >= 11 is 11.7. The summed E-state index contributed by atoms with van der Waals surface area (Å²) in [6.45, 7) is 0.486. The van der Waals surface area contributed by atoms with E-state index in [1.807, 2.05) is 0 Å². The van der Waals surface area contributed by atoms with E-state index in [1.54, 1.807) is 30.3 Å². The molecule has 0 aliphatic heterocycles. The molecule has 0 fully saturated rings. The molecule has 0 aliphatic carbocycles. The molecule has 104 valence electrons. The summed E-state index contributed by atoms with van der Waals surface area (Å²) in [4.78, 5) is 11.2. The molecule has 0 saturated carbocycles. The highest BCUT2D eigenvalue weighted by molar-refractivity contribution is 6.34. The molecule has 2 aromatic carbocycles. The third-order valence-electron chi connectivity index (χ3n) is 2.74. The van der Waals surface area contributed by atoms with Crippen molar-refractivity contribution in [3.05, 3.63) is 57.6 Å². The Kier molecular flexibility index (Phi) is 4.37. The number of nitrogens with one attached hydrogen (secondary N) is 1. The lowest BCUT2D eigenvalue weighted by atomic mass is 10.1. The van der Waals surface area contributed by atoms with Crippen molar-refractivity contribution in [3.63, 3.8) is 0 Å². The summed E-state index contributed by atoms with van der Waals surface area (Å²) in [6.07, 6.45) is 0. The fourth-order valence-corrected chi connectivity index (χ4v) is 2.10. The number of amides is 1. The fourth-order valence-electron chi connectivity index (χ4n) is 1.69. The van der Waals surface area contributed by atoms with E-state index in [-0.39, 0.29) is 11.3 Å². The normalized spacial score (nSPS) is 10.3. The Balaban J connectivity index is 2.12. The molecule has 4 nitrogen and oxygen atoms in total. The highest BCUT2D eigenvalue weighted by Gasteiger charge is 2.07. The Morgan fingerprint density at radius 3 is 2.55 bits per heavy atom. The number of benzene rings is 2. The van der Waals surface area contributed by atoms with Crippen LogP contribution in [0.1, 0.15) is 15.9 Å². The maximum Gasteiger partial charge on any atom is 0.250 e. The molecule has 6 heteroatoms. The molecule has 0 heterocycles. The number of hydrogen-bond donors (Lipinski definition) is 3. The van der Waals surface area contributed by atoms with E-state index in [4.69, 9.17) is 28.9 Å². The van der Waals surface area contributed by atoms with Crippen molar-refractivity contribution >= 4 is 34.8 Å². The molecule has 1 amide bonds. The lowest BCUT2D eigenvalue weighted by Gasteiger charge is -2.09. The van der Waals surface area contributed by atoms with Crippen LogP contribution in [-0.4, -0.2) is 11.0 Å². The van der Waals surface area contributed by atoms with Gasteiger partial charge in [0, 0.05) is 12.2 Å². The smallest absolute Gasteiger partial charge is 0.250 e. The van der Waals surface area contributed by atoms with Crippen LogP contribution in [0.3, 0.4) is 0 Å².